The van der Waals surface area contributed by atoms with E-state index in [0.29, 0.717) is 0 Å². The minimum Gasteiger partial charge on any atom is -0.475 e. The summed E-state index contributed by atoms with van der Waals surface area (Å²) < 4.78 is 41.9. The van der Waals surface area contributed by atoms with Crippen LogP contribution in [-0.4, -0.2) is 28.7 Å². The topological polar surface area (TPSA) is 67.0 Å². The van der Waals surface area contributed by atoms with Crippen molar-refractivity contribution in [2.24, 2.45) is 11.8 Å². The molecule has 30 heavy (non-hydrogen) atoms. The molecule has 2 N–H and O–H groups in total. The van der Waals surface area contributed by atoms with Crippen LogP contribution in [0.1, 0.15) is 42.9 Å². The van der Waals surface area contributed by atoms with Crippen molar-refractivity contribution in [2.75, 3.05) is 6.61 Å². The first kappa shape index (κ1) is 20.7. The van der Waals surface area contributed by atoms with Crippen molar-refractivity contribution in [1.29, 1.82) is 0 Å². The maximum absolute atomic E-state index is 12.8. The fourth-order valence-electron chi connectivity index (χ4n) is 3.49. The molecule has 3 atom stereocenters. The quantitative estimate of drug-likeness (QED) is 0.535. The number of nitrogens with zero attached hydrogens (tertiary/aromatic N) is 1. The number of hydrogen-bond acceptors (Lipinski definition) is 4. The van der Waals surface area contributed by atoms with Crippen molar-refractivity contribution in [3.63, 3.8) is 0 Å². The molecule has 0 aliphatic heterocycles. The number of thiophene rings is 1. The van der Waals surface area contributed by atoms with Crippen molar-refractivity contribution in [1.82, 2.24) is 15.3 Å². The van der Waals surface area contributed by atoms with E-state index in [1.165, 1.54) is 6.07 Å². The molecular weight excluding hydrogens is 415 g/mol. The zero-order valence-corrected chi connectivity index (χ0v) is 17.3. The van der Waals surface area contributed by atoms with Gasteiger partial charge in [-0.25, -0.2) is 4.98 Å². The number of aromatic amines is 1. The Bertz CT molecular complexity index is 1010. The summed E-state index contributed by atoms with van der Waals surface area (Å²) in [5.74, 6) is 0.722. The van der Waals surface area contributed by atoms with Gasteiger partial charge in [0.2, 0.25) is 5.91 Å². The third-order valence-corrected chi connectivity index (χ3v) is 6.22. The predicted molar refractivity (Wildman–Crippen MR) is 109 cm³/mol. The van der Waals surface area contributed by atoms with E-state index in [-0.39, 0.29) is 34.8 Å². The molecule has 160 valence electrons. The number of rotatable bonds is 7. The lowest BCUT2D eigenvalue weighted by Crippen LogP contribution is -2.32. The van der Waals surface area contributed by atoms with Crippen molar-refractivity contribution in [3.05, 3.63) is 47.1 Å². The second-order valence-electron chi connectivity index (χ2n) is 7.88. The molecule has 4 rings (SSSR count). The van der Waals surface area contributed by atoms with Gasteiger partial charge in [-0.3, -0.25) is 4.79 Å². The van der Waals surface area contributed by atoms with Crippen LogP contribution in [0, 0.1) is 11.8 Å². The standard InChI is InChI=1S/C21H22F3N3O2S/c1-11(2)18(16-7-8-17(30-16)29-10-21(22,23)24)27-20(28)13-9-12(13)19-25-14-5-3-4-6-15(14)26-19/h3-8,11-13,18H,9-10H2,1-2H3,(H,25,26)(H,27,28)/t12-,13?,18-/m1/s1. The van der Waals surface area contributed by atoms with Crippen LogP contribution in [0.25, 0.3) is 11.0 Å². The SMILES string of the molecule is CC(C)[C@@H](NC(=O)C1C[C@H]1c1nc2ccccc2[nH]1)c1ccc(OCC(F)(F)F)s1. The zero-order valence-electron chi connectivity index (χ0n) is 16.5. The van der Waals surface area contributed by atoms with Crippen molar-refractivity contribution < 1.29 is 22.7 Å². The molecule has 0 spiro atoms. The lowest BCUT2D eigenvalue weighted by Gasteiger charge is -2.21. The average Bonchev–Trinajstić information content (AvgIpc) is 3.15. The highest BCUT2D eigenvalue weighted by Gasteiger charge is 2.46. The Morgan fingerprint density at radius 1 is 1.30 bits per heavy atom. The van der Waals surface area contributed by atoms with E-state index in [1.54, 1.807) is 6.07 Å². The monoisotopic (exact) mass is 437 g/mol. The molecule has 1 aliphatic carbocycles. The molecule has 3 aromatic rings. The minimum atomic E-state index is -4.38. The van der Waals surface area contributed by atoms with Gasteiger partial charge in [-0.05, 0) is 36.6 Å². The molecule has 1 amide bonds. The van der Waals surface area contributed by atoms with Crippen molar-refractivity contribution >= 4 is 28.3 Å². The number of ether oxygens (including phenoxy) is 1. The number of carbonyl (C=O) groups excluding carboxylic acids is 1. The zero-order chi connectivity index (χ0) is 21.5. The Morgan fingerprint density at radius 3 is 2.77 bits per heavy atom. The number of benzene rings is 1. The molecule has 1 unspecified atom stereocenters. The van der Waals surface area contributed by atoms with Crippen LogP contribution in [-0.2, 0) is 4.79 Å². The summed E-state index contributed by atoms with van der Waals surface area (Å²) >= 11 is 1.13. The highest BCUT2D eigenvalue weighted by atomic mass is 32.1. The first-order valence-corrected chi connectivity index (χ1v) is 10.6. The first-order valence-electron chi connectivity index (χ1n) is 9.75. The number of hydrogen-bond donors (Lipinski definition) is 2. The Balaban J connectivity index is 1.40. The predicted octanol–water partition coefficient (Wildman–Crippen LogP) is 5.18. The first-order chi connectivity index (χ1) is 14.2. The van der Waals surface area contributed by atoms with Gasteiger partial charge in [-0.1, -0.05) is 26.0 Å². The van der Waals surface area contributed by atoms with Gasteiger partial charge >= 0.3 is 6.18 Å². The summed E-state index contributed by atoms with van der Waals surface area (Å²) in [6, 6.07) is 10.7. The third-order valence-electron chi connectivity index (χ3n) is 5.14. The van der Waals surface area contributed by atoms with Crippen LogP contribution in [0.4, 0.5) is 13.2 Å². The summed E-state index contributed by atoms with van der Waals surface area (Å²) in [5.41, 5.74) is 1.83. The maximum atomic E-state index is 12.8. The molecule has 1 fully saturated rings. The third kappa shape index (κ3) is 4.61. The van der Waals surface area contributed by atoms with Gasteiger partial charge in [-0.15, -0.1) is 11.3 Å². The van der Waals surface area contributed by atoms with Crippen molar-refractivity contribution in [2.45, 2.75) is 38.4 Å². The normalized spacial score (nSPS) is 19.8. The van der Waals surface area contributed by atoms with E-state index in [0.717, 1.165) is 39.5 Å². The molecule has 0 saturated heterocycles. The van der Waals surface area contributed by atoms with Gasteiger partial charge in [0.25, 0.3) is 0 Å². The number of imidazole rings is 1. The summed E-state index contributed by atoms with van der Waals surface area (Å²) in [4.78, 5) is 21.5. The smallest absolute Gasteiger partial charge is 0.422 e. The van der Waals surface area contributed by atoms with Crippen LogP contribution in [0.5, 0.6) is 5.06 Å². The van der Waals surface area contributed by atoms with Gasteiger partial charge in [0.1, 0.15) is 5.82 Å². The molecule has 2 heterocycles. The number of nitrogens with one attached hydrogen (secondary N) is 2. The van der Waals surface area contributed by atoms with Gasteiger partial charge in [-0.2, -0.15) is 13.2 Å². The van der Waals surface area contributed by atoms with Crippen LogP contribution >= 0.6 is 11.3 Å². The lowest BCUT2D eigenvalue weighted by atomic mass is 10.0. The van der Waals surface area contributed by atoms with Crippen LogP contribution < -0.4 is 10.1 Å². The largest absolute Gasteiger partial charge is 0.475 e. The number of aromatic nitrogens is 2. The van der Waals surface area contributed by atoms with Gasteiger partial charge < -0.3 is 15.0 Å². The number of halogens is 3. The second kappa shape index (κ2) is 7.94. The van der Waals surface area contributed by atoms with E-state index >= 15 is 0 Å². The van der Waals surface area contributed by atoms with Gasteiger partial charge in [0.05, 0.1) is 17.1 Å². The number of para-hydroxylation sites is 2. The lowest BCUT2D eigenvalue weighted by molar-refractivity contribution is -0.152. The maximum Gasteiger partial charge on any atom is 0.422 e. The highest BCUT2D eigenvalue weighted by Crippen LogP contribution is 2.47. The average molecular weight is 437 g/mol. The molecule has 5 nitrogen and oxygen atoms in total. The molecular formula is C21H22F3N3O2S. The second-order valence-corrected chi connectivity index (χ2v) is 8.96. The number of amides is 1. The Labute approximate surface area is 175 Å². The number of fused-ring (bicyclic) bond motifs is 1. The molecule has 0 bridgehead atoms. The van der Waals surface area contributed by atoms with Crippen LogP contribution in [0.15, 0.2) is 36.4 Å². The fourth-order valence-corrected chi connectivity index (χ4v) is 4.57. The van der Waals surface area contributed by atoms with E-state index in [9.17, 15) is 18.0 Å². The molecule has 1 aliphatic rings. The molecule has 2 aromatic heterocycles. The van der Waals surface area contributed by atoms with Gasteiger partial charge in [0.15, 0.2) is 11.7 Å². The number of H-pyrrole nitrogens is 1. The number of alkyl halides is 3. The van der Waals surface area contributed by atoms with Crippen LogP contribution in [0.3, 0.4) is 0 Å². The molecule has 9 heteroatoms. The fraction of sp³-hybridized carbons (Fsp3) is 0.429. The molecule has 0 radical (unpaired) electrons. The summed E-state index contributed by atoms with van der Waals surface area (Å²) in [6.07, 6.45) is -3.66. The minimum absolute atomic E-state index is 0.0548. The molecule has 1 saturated carbocycles. The molecule has 1 aromatic carbocycles. The van der Waals surface area contributed by atoms with E-state index in [4.69, 9.17) is 4.74 Å². The van der Waals surface area contributed by atoms with Gasteiger partial charge in [0, 0.05) is 16.7 Å². The Hall–Kier alpha value is -2.55. The number of carbonyl (C=O) groups is 1. The highest BCUT2D eigenvalue weighted by molar-refractivity contribution is 7.13. The Kier molecular flexibility index (Phi) is 5.48. The van der Waals surface area contributed by atoms with E-state index < -0.39 is 12.8 Å². The van der Waals surface area contributed by atoms with Crippen molar-refractivity contribution in [3.8, 4) is 5.06 Å². The summed E-state index contributed by atoms with van der Waals surface area (Å²) in [7, 11) is 0. The van der Waals surface area contributed by atoms with E-state index in [2.05, 4.69) is 15.3 Å². The Morgan fingerprint density at radius 2 is 2.07 bits per heavy atom. The van der Waals surface area contributed by atoms with Crippen LogP contribution in [0.2, 0.25) is 0 Å². The summed E-state index contributed by atoms with van der Waals surface area (Å²) in [6.45, 7) is 2.60. The summed E-state index contributed by atoms with van der Waals surface area (Å²) in [5, 5.41) is 3.25. The van der Waals surface area contributed by atoms with E-state index in [1.807, 2.05) is 38.1 Å².